The van der Waals surface area contributed by atoms with E-state index in [4.69, 9.17) is 0 Å². The Bertz CT molecular complexity index is 625. The van der Waals surface area contributed by atoms with Gasteiger partial charge in [0.15, 0.2) is 0 Å². The van der Waals surface area contributed by atoms with Crippen LogP contribution in [0.2, 0.25) is 0 Å². The van der Waals surface area contributed by atoms with Crippen LogP contribution in [0.25, 0.3) is 0 Å². The summed E-state index contributed by atoms with van der Waals surface area (Å²) < 4.78 is 15.1. The molecule has 20 heavy (non-hydrogen) atoms. The molecule has 0 aliphatic heterocycles. The van der Waals surface area contributed by atoms with E-state index >= 15 is 0 Å². The molecule has 2 aromatic rings. The molecule has 106 valence electrons. The zero-order valence-corrected chi connectivity index (χ0v) is 11.3. The lowest BCUT2D eigenvalue weighted by Gasteiger charge is -2.07. The first-order chi connectivity index (χ1) is 9.51. The van der Waals surface area contributed by atoms with Crippen LogP contribution in [-0.4, -0.2) is 16.5 Å². The van der Waals surface area contributed by atoms with Gasteiger partial charge in [0.05, 0.1) is 17.0 Å². The van der Waals surface area contributed by atoms with E-state index in [0.29, 0.717) is 5.56 Å². The largest absolute Gasteiger partial charge is 0.349 e. The molecule has 1 aromatic heterocycles. The molecule has 1 heterocycles. The fraction of sp³-hybridized carbons (Fsp3) is 0.286. The molecule has 0 radical (unpaired) electrons. The maximum atomic E-state index is 13.3. The van der Waals surface area contributed by atoms with Gasteiger partial charge in [-0.2, -0.15) is 0 Å². The number of hydrogen-bond acceptors (Lipinski definition) is 3. The van der Waals surface area contributed by atoms with Crippen molar-refractivity contribution in [3.63, 3.8) is 0 Å². The van der Waals surface area contributed by atoms with Crippen LogP contribution < -0.4 is 5.32 Å². The van der Waals surface area contributed by atoms with Crippen molar-refractivity contribution in [3.8, 4) is 0 Å². The molecule has 1 atom stereocenters. The standard InChI is InChI=1S/C14H16FN3O2/c1-10(16-2)11-5-6-17(8-11)9-12-7-13(15)3-4-14(12)18(19)20/h3-8,10,16H,9H2,1-2H3. The summed E-state index contributed by atoms with van der Waals surface area (Å²) in [5.41, 5.74) is 1.36. The Morgan fingerprint density at radius 2 is 2.20 bits per heavy atom. The van der Waals surface area contributed by atoms with E-state index < -0.39 is 10.7 Å². The maximum Gasteiger partial charge on any atom is 0.274 e. The minimum absolute atomic E-state index is 0.0664. The lowest BCUT2D eigenvalue weighted by atomic mass is 10.1. The number of benzene rings is 1. The van der Waals surface area contributed by atoms with Crippen molar-refractivity contribution in [1.82, 2.24) is 9.88 Å². The summed E-state index contributed by atoms with van der Waals surface area (Å²) in [6, 6.07) is 5.64. The van der Waals surface area contributed by atoms with E-state index in [1.54, 1.807) is 0 Å². The SMILES string of the molecule is CNC(C)c1ccn(Cc2cc(F)ccc2[N+](=O)[O-])c1. The van der Waals surface area contributed by atoms with E-state index in [1.807, 2.05) is 37.0 Å². The molecule has 0 bridgehead atoms. The zero-order chi connectivity index (χ0) is 14.7. The maximum absolute atomic E-state index is 13.3. The number of halogens is 1. The summed E-state index contributed by atoms with van der Waals surface area (Å²) in [6.45, 7) is 2.29. The number of nitrogens with one attached hydrogen (secondary N) is 1. The van der Waals surface area contributed by atoms with Crippen LogP contribution in [-0.2, 0) is 6.54 Å². The number of rotatable bonds is 5. The van der Waals surface area contributed by atoms with Crippen LogP contribution in [0.3, 0.4) is 0 Å². The highest BCUT2D eigenvalue weighted by molar-refractivity contribution is 5.40. The molecule has 0 saturated heterocycles. The predicted octanol–water partition coefficient (Wildman–Crippen LogP) is 2.86. The topological polar surface area (TPSA) is 60.1 Å². The molecule has 6 heteroatoms. The molecular formula is C14H16FN3O2. The molecule has 0 saturated carbocycles. The molecule has 0 spiro atoms. The monoisotopic (exact) mass is 277 g/mol. The van der Waals surface area contributed by atoms with Gasteiger partial charge in [-0.25, -0.2) is 4.39 Å². The summed E-state index contributed by atoms with van der Waals surface area (Å²) in [5, 5.41) is 14.1. The predicted molar refractivity (Wildman–Crippen MR) is 74.1 cm³/mol. The fourth-order valence-corrected chi connectivity index (χ4v) is 2.04. The summed E-state index contributed by atoms with van der Waals surface area (Å²) in [6.07, 6.45) is 3.73. The summed E-state index contributed by atoms with van der Waals surface area (Å²) in [7, 11) is 1.86. The zero-order valence-electron chi connectivity index (χ0n) is 11.3. The van der Waals surface area contributed by atoms with Gasteiger partial charge in [0.25, 0.3) is 5.69 Å². The Hall–Kier alpha value is -2.21. The lowest BCUT2D eigenvalue weighted by Crippen LogP contribution is -2.11. The average molecular weight is 277 g/mol. The van der Waals surface area contributed by atoms with E-state index in [0.717, 1.165) is 11.6 Å². The van der Waals surface area contributed by atoms with Crippen molar-refractivity contribution in [2.45, 2.75) is 19.5 Å². The van der Waals surface area contributed by atoms with Crippen molar-refractivity contribution in [3.05, 3.63) is 63.7 Å². The second-order valence-corrected chi connectivity index (χ2v) is 4.66. The normalized spacial score (nSPS) is 12.3. The molecule has 1 N–H and O–H groups in total. The number of hydrogen-bond donors (Lipinski definition) is 1. The minimum atomic E-state index is -0.491. The van der Waals surface area contributed by atoms with Gasteiger partial charge in [-0.05, 0) is 37.7 Å². The van der Waals surface area contributed by atoms with Crippen LogP contribution in [0, 0.1) is 15.9 Å². The molecule has 0 amide bonds. The van der Waals surface area contributed by atoms with Gasteiger partial charge < -0.3 is 9.88 Å². The molecule has 2 rings (SSSR count). The minimum Gasteiger partial charge on any atom is -0.349 e. The average Bonchev–Trinajstić information content (AvgIpc) is 2.86. The van der Waals surface area contributed by atoms with E-state index in [2.05, 4.69) is 5.32 Å². The molecule has 5 nitrogen and oxygen atoms in total. The molecular weight excluding hydrogens is 261 g/mol. The van der Waals surface area contributed by atoms with Gasteiger partial charge in [0.2, 0.25) is 0 Å². The molecule has 1 aromatic carbocycles. The van der Waals surface area contributed by atoms with Crippen molar-refractivity contribution in [2.24, 2.45) is 0 Å². The Morgan fingerprint density at radius 1 is 1.45 bits per heavy atom. The smallest absolute Gasteiger partial charge is 0.274 e. The Kier molecular flexibility index (Phi) is 4.14. The van der Waals surface area contributed by atoms with Crippen LogP contribution in [0.4, 0.5) is 10.1 Å². The molecule has 0 aliphatic carbocycles. The first kappa shape index (κ1) is 14.2. The van der Waals surface area contributed by atoms with Crippen molar-refractivity contribution >= 4 is 5.69 Å². The number of aromatic nitrogens is 1. The first-order valence-corrected chi connectivity index (χ1v) is 6.27. The van der Waals surface area contributed by atoms with Gasteiger partial charge >= 0.3 is 0 Å². The van der Waals surface area contributed by atoms with Crippen LogP contribution in [0.5, 0.6) is 0 Å². The molecule has 0 aliphatic rings. The first-order valence-electron chi connectivity index (χ1n) is 6.27. The van der Waals surface area contributed by atoms with Gasteiger partial charge in [-0.15, -0.1) is 0 Å². The summed E-state index contributed by atoms with van der Waals surface area (Å²) in [4.78, 5) is 10.5. The van der Waals surface area contributed by atoms with Gasteiger partial charge in [-0.1, -0.05) is 0 Å². The number of nitrogens with zero attached hydrogens (tertiary/aromatic N) is 2. The highest BCUT2D eigenvalue weighted by Gasteiger charge is 2.15. The van der Waals surface area contributed by atoms with Crippen LogP contribution in [0.1, 0.15) is 24.1 Å². The number of nitro groups is 1. The highest BCUT2D eigenvalue weighted by atomic mass is 19.1. The van der Waals surface area contributed by atoms with Crippen LogP contribution >= 0.6 is 0 Å². The fourth-order valence-electron chi connectivity index (χ4n) is 2.04. The molecule has 1 unspecified atom stereocenters. The second kappa shape index (κ2) is 5.83. The van der Waals surface area contributed by atoms with E-state index in [9.17, 15) is 14.5 Å². The third-order valence-corrected chi connectivity index (χ3v) is 3.30. The summed E-state index contributed by atoms with van der Waals surface area (Å²) in [5.74, 6) is -0.471. The van der Waals surface area contributed by atoms with Gasteiger partial charge in [-0.3, -0.25) is 10.1 Å². The van der Waals surface area contributed by atoms with E-state index in [1.165, 1.54) is 12.1 Å². The Balaban J connectivity index is 2.27. The third-order valence-electron chi connectivity index (χ3n) is 3.30. The van der Waals surface area contributed by atoms with Crippen molar-refractivity contribution in [2.75, 3.05) is 7.05 Å². The second-order valence-electron chi connectivity index (χ2n) is 4.66. The number of nitro benzene ring substituents is 1. The highest BCUT2D eigenvalue weighted by Crippen LogP contribution is 2.21. The lowest BCUT2D eigenvalue weighted by molar-refractivity contribution is -0.385. The Labute approximate surface area is 116 Å². The van der Waals surface area contributed by atoms with Gasteiger partial charge in [0, 0.05) is 24.5 Å². The third kappa shape index (κ3) is 3.03. The Morgan fingerprint density at radius 3 is 2.85 bits per heavy atom. The van der Waals surface area contributed by atoms with Crippen molar-refractivity contribution in [1.29, 1.82) is 0 Å². The van der Waals surface area contributed by atoms with Crippen LogP contribution in [0.15, 0.2) is 36.7 Å². The summed E-state index contributed by atoms with van der Waals surface area (Å²) >= 11 is 0. The van der Waals surface area contributed by atoms with Gasteiger partial charge in [0.1, 0.15) is 5.82 Å². The quantitative estimate of drug-likeness (QED) is 0.675. The van der Waals surface area contributed by atoms with E-state index in [-0.39, 0.29) is 18.3 Å². The van der Waals surface area contributed by atoms with Crippen molar-refractivity contribution < 1.29 is 9.31 Å². The molecule has 0 fully saturated rings.